The second-order valence-electron chi connectivity index (χ2n) is 3.87. The molecule has 0 aliphatic heterocycles. The Morgan fingerprint density at radius 3 is 2.53 bits per heavy atom. The number of halogens is 1. The van der Waals surface area contributed by atoms with E-state index in [2.05, 4.69) is 17.2 Å². The molecule has 0 aliphatic carbocycles. The molecule has 0 saturated carbocycles. The van der Waals surface area contributed by atoms with Crippen LogP contribution in [0.3, 0.4) is 0 Å². The summed E-state index contributed by atoms with van der Waals surface area (Å²) in [6.07, 6.45) is 2.88. The normalized spacial score (nSPS) is 10.5. The fourth-order valence-corrected chi connectivity index (χ4v) is 1.65. The molecule has 0 aliphatic rings. The first-order valence-electron chi connectivity index (χ1n) is 5.70. The molecule has 3 heteroatoms. The topological polar surface area (TPSA) is 24.9 Å². The number of hydrogen-bond acceptors (Lipinski definition) is 2. The number of aromatic nitrogens is 1. The molecule has 2 rings (SSSR count). The van der Waals surface area contributed by atoms with Crippen molar-refractivity contribution in [2.75, 3.05) is 6.54 Å². The second-order valence-corrected chi connectivity index (χ2v) is 3.87. The minimum absolute atomic E-state index is 0.306. The molecule has 1 aromatic heterocycles. The summed E-state index contributed by atoms with van der Waals surface area (Å²) < 4.78 is 13.0. The van der Waals surface area contributed by atoms with Crippen LogP contribution in [0.4, 0.5) is 4.39 Å². The zero-order valence-corrected chi connectivity index (χ0v) is 9.78. The number of hydrogen-bond donors (Lipinski definition) is 1. The van der Waals surface area contributed by atoms with Crippen molar-refractivity contribution in [2.45, 2.75) is 13.5 Å². The van der Waals surface area contributed by atoms with E-state index >= 15 is 0 Å². The summed E-state index contributed by atoms with van der Waals surface area (Å²) in [6.45, 7) is 3.89. The lowest BCUT2D eigenvalue weighted by Crippen LogP contribution is -2.11. The van der Waals surface area contributed by atoms with Crippen LogP contribution in [0.5, 0.6) is 0 Å². The van der Waals surface area contributed by atoms with Crippen molar-refractivity contribution in [1.29, 1.82) is 0 Å². The highest BCUT2D eigenvalue weighted by molar-refractivity contribution is 5.62. The summed E-state index contributed by atoms with van der Waals surface area (Å²) in [5.41, 5.74) is 3.01. The van der Waals surface area contributed by atoms with Gasteiger partial charge in [-0.15, -0.1) is 0 Å². The molecule has 1 N–H and O–H groups in total. The summed E-state index contributed by atoms with van der Waals surface area (Å²) in [6, 6.07) is 9.56. The van der Waals surface area contributed by atoms with Gasteiger partial charge in [-0.25, -0.2) is 4.39 Å². The minimum atomic E-state index is -0.306. The monoisotopic (exact) mass is 230 g/mol. The Morgan fingerprint density at radius 2 is 1.88 bits per heavy atom. The van der Waals surface area contributed by atoms with Gasteiger partial charge in [0.15, 0.2) is 0 Å². The summed E-state index contributed by atoms with van der Waals surface area (Å²) >= 11 is 0. The standard InChI is InChI=1S/C14H15FN2/c1-2-16-8-11-3-5-12(6-4-11)13-7-14(15)10-17-9-13/h3-7,9-10,16H,2,8H2,1H3. The van der Waals surface area contributed by atoms with Crippen LogP contribution in [0.15, 0.2) is 42.7 Å². The number of nitrogens with one attached hydrogen (secondary N) is 1. The molecule has 0 bridgehead atoms. The minimum Gasteiger partial charge on any atom is -0.313 e. The third-order valence-electron chi connectivity index (χ3n) is 2.57. The van der Waals surface area contributed by atoms with Gasteiger partial charge in [0.25, 0.3) is 0 Å². The molecule has 0 unspecified atom stereocenters. The predicted octanol–water partition coefficient (Wildman–Crippen LogP) is 3.00. The molecular formula is C14H15FN2. The predicted molar refractivity (Wildman–Crippen MR) is 67.0 cm³/mol. The molecule has 1 aromatic carbocycles. The lowest BCUT2D eigenvalue weighted by Gasteiger charge is -2.04. The Kier molecular flexibility index (Phi) is 3.83. The van der Waals surface area contributed by atoms with Gasteiger partial charge in [0, 0.05) is 18.3 Å². The zero-order valence-electron chi connectivity index (χ0n) is 9.78. The quantitative estimate of drug-likeness (QED) is 0.873. The first-order valence-corrected chi connectivity index (χ1v) is 5.70. The van der Waals surface area contributed by atoms with E-state index in [4.69, 9.17) is 0 Å². The largest absolute Gasteiger partial charge is 0.313 e. The maximum atomic E-state index is 13.0. The average molecular weight is 230 g/mol. The van der Waals surface area contributed by atoms with Crippen molar-refractivity contribution >= 4 is 0 Å². The van der Waals surface area contributed by atoms with Gasteiger partial charge >= 0.3 is 0 Å². The van der Waals surface area contributed by atoms with Crippen LogP contribution in [0.1, 0.15) is 12.5 Å². The van der Waals surface area contributed by atoms with Gasteiger partial charge in [-0.05, 0) is 23.7 Å². The summed E-state index contributed by atoms with van der Waals surface area (Å²) in [4.78, 5) is 3.85. The fourth-order valence-electron chi connectivity index (χ4n) is 1.65. The van der Waals surface area contributed by atoms with E-state index < -0.39 is 0 Å². The van der Waals surface area contributed by atoms with Crippen LogP contribution in [-0.4, -0.2) is 11.5 Å². The summed E-state index contributed by atoms with van der Waals surface area (Å²) in [5, 5.41) is 3.26. The van der Waals surface area contributed by atoms with E-state index in [0.29, 0.717) is 0 Å². The SMILES string of the molecule is CCNCc1ccc(-c2cncc(F)c2)cc1. The number of nitrogens with zero attached hydrogens (tertiary/aromatic N) is 1. The first-order chi connectivity index (χ1) is 8.29. The van der Waals surface area contributed by atoms with E-state index in [9.17, 15) is 4.39 Å². The van der Waals surface area contributed by atoms with Gasteiger partial charge in [-0.1, -0.05) is 31.2 Å². The van der Waals surface area contributed by atoms with Crippen molar-refractivity contribution in [3.05, 3.63) is 54.1 Å². The first kappa shape index (κ1) is 11.7. The smallest absolute Gasteiger partial charge is 0.142 e. The Hall–Kier alpha value is -1.74. The summed E-state index contributed by atoms with van der Waals surface area (Å²) in [5.74, 6) is -0.306. The van der Waals surface area contributed by atoms with Crippen LogP contribution in [-0.2, 0) is 6.54 Å². The van der Waals surface area contributed by atoms with E-state index in [1.165, 1.54) is 17.8 Å². The highest BCUT2D eigenvalue weighted by atomic mass is 19.1. The molecule has 88 valence electrons. The maximum Gasteiger partial charge on any atom is 0.142 e. The molecule has 0 fully saturated rings. The Balaban J connectivity index is 2.17. The lowest BCUT2D eigenvalue weighted by molar-refractivity contribution is 0.622. The molecular weight excluding hydrogens is 215 g/mol. The highest BCUT2D eigenvalue weighted by Gasteiger charge is 2.00. The molecule has 2 nitrogen and oxygen atoms in total. The highest BCUT2D eigenvalue weighted by Crippen LogP contribution is 2.19. The third-order valence-corrected chi connectivity index (χ3v) is 2.57. The zero-order chi connectivity index (χ0) is 12.1. The van der Waals surface area contributed by atoms with Crippen LogP contribution < -0.4 is 5.32 Å². The Bertz CT molecular complexity index is 480. The van der Waals surface area contributed by atoms with Crippen LogP contribution >= 0.6 is 0 Å². The molecule has 1 heterocycles. The van der Waals surface area contributed by atoms with Gasteiger partial charge in [-0.3, -0.25) is 4.98 Å². The van der Waals surface area contributed by atoms with Crippen LogP contribution in [0, 0.1) is 5.82 Å². The maximum absolute atomic E-state index is 13.0. The molecule has 0 radical (unpaired) electrons. The number of benzene rings is 1. The fraction of sp³-hybridized carbons (Fsp3) is 0.214. The number of pyridine rings is 1. The lowest BCUT2D eigenvalue weighted by atomic mass is 10.1. The van der Waals surface area contributed by atoms with Crippen molar-refractivity contribution in [3.63, 3.8) is 0 Å². The van der Waals surface area contributed by atoms with E-state index in [1.54, 1.807) is 6.20 Å². The Labute approximate surface area is 101 Å². The van der Waals surface area contributed by atoms with Crippen molar-refractivity contribution in [3.8, 4) is 11.1 Å². The average Bonchev–Trinajstić information content (AvgIpc) is 2.37. The molecule has 0 saturated heterocycles. The van der Waals surface area contributed by atoms with Crippen LogP contribution in [0.2, 0.25) is 0 Å². The summed E-state index contributed by atoms with van der Waals surface area (Å²) in [7, 11) is 0. The molecule has 0 amide bonds. The second kappa shape index (κ2) is 5.55. The third kappa shape index (κ3) is 3.11. The molecule has 2 aromatic rings. The molecule has 17 heavy (non-hydrogen) atoms. The van der Waals surface area contributed by atoms with E-state index in [0.717, 1.165) is 24.2 Å². The van der Waals surface area contributed by atoms with Gasteiger partial charge in [0.05, 0.1) is 6.20 Å². The van der Waals surface area contributed by atoms with E-state index in [-0.39, 0.29) is 5.82 Å². The van der Waals surface area contributed by atoms with Gasteiger partial charge in [-0.2, -0.15) is 0 Å². The number of rotatable bonds is 4. The van der Waals surface area contributed by atoms with E-state index in [1.807, 2.05) is 24.3 Å². The van der Waals surface area contributed by atoms with Crippen molar-refractivity contribution in [2.24, 2.45) is 0 Å². The van der Waals surface area contributed by atoms with Crippen LogP contribution in [0.25, 0.3) is 11.1 Å². The van der Waals surface area contributed by atoms with Crippen molar-refractivity contribution < 1.29 is 4.39 Å². The van der Waals surface area contributed by atoms with Gasteiger partial charge in [0.2, 0.25) is 0 Å². The molecule has 0 spiro atoms. The Morgan fingerprint density at radius 1 is 1.12 bits per heavy atom. The van der Waals surface area contributed by atoms with Crippen molar-refractivity contribution in [1.82, 2.24) is 10.3 Å². The van der Waals surface area contributed by atoms with Gasteiger partial charge < -0.3 is 5.32 Å². The molecule has 0 atom stereocenters. The van der Waals surface area contributed by atoms with Gasteiger partial charge in [0.1, 0.15) is 5.82 Å².